The number of benzene rings is 2. The van der Waals surface area contributed by atoms with Crippen molar-refractivity contribution in [3.8, 4) is 5.75 Å². The first kappa shape index (κ1) is 22.8. The van der Waals surface area contributed by atoms with Gasteiger partial charge in [0.05, 0.1) is 12.3 Å². The minimum absolute atomic E-state index is 0.0771. The van der Waals surface area contributed by atoms with Gasteiger partial charge in [-0.1, -0.05) is 27.7 Å². The molecule has 1 aliphatic rings. The van der Waals surface area contributed by atoms with Crippen LogP contribution in [-0.2, 0) is 9.59 Å². The smallest absolute Gasteiger partial charge is 0.242 e. The highest BCUT2D eigenvalue weighted by Gasteiger charge is 2.38. The van der Waals surface area contributed by atoms with Gasteiger partial charge in [-0.05, 0) is 72.2 Å². The normalized spacial score (nSPS) is 17.5. The fraction of sp³-hybridized carbons (Fsp3) is 0.286. The zero-order valence-electron chi connectivity index (χ0n) is 16.5. The van der Waals surface area contributed by atoms with Gasteiger partial charge in [0, 0.05) is 27.6 Å². The molecule has 2 amide bonds. The van der Waals surface area contributed by atoms with Crippen LogP contribution in [0.15, 0.2) is 56.4 Å². The summed E-state index contributed by atoms with van der Waals surface area (Å²) < 4.78 is 7.16. The molecule has 0 aromatic heterocycles. The summed E-state index contributed by atoms with van der Waals surface area (Å²) in [5.41, 5.74) is 1.39. The second kappa shape index (κ2) is 10.5. The molecule has 0 bridgehead atoms. The Morgan fingerprint density at radius 1 is 1.20 bits per heavy atom. The minimum Gasteiger partial charge on any atom is -0.494 e. The molecule has 0 spiro atoms. The molecule has 2 aromatic rings. The number of halogens is 2. The molecule has 1 aliphatic heterocycles. The van der Waals surface area contributed by atoms with E-state index in [0.717, 1.165) is 20.4 Å². The van der Waals surface area contributed by atoms with Gasteiger partial charge >= 0.3 is 0 Å². The summed E-state index contributed by atoms with van der Waals surface area (Å²) in [7, 11) is 0. The second-order valence-corrected chi connectivity index (χ2v) is 9.33. The van der Waals surface area contributed by atoms with Crippen LogP contribution < -0.4 is 10.1 Å². The number of carbonyl (C=O) groups is 2. The maximum Gasteiger partial charge on any atom is 0.242 e. The lowest BCUT2D eigenvalue weighted by molar-refractivity contribution is -0.128. The number of hydrogen-bond acceptors (Lipinski definition) is 5. The lowest BCUT2D eigenvalue weighted by Crippen LogP contribution is -2.33. The predicted molar refractivity (Wildman–Crippen MR) is 129 cm³/mol. The standard InChI is InChI=1S/C21H21Br2N3O3S/c1-3-26-20(28)18(30-21(26)25-17-10-5-13(22)11-16(17)23)12-19(27)24-14-6-8-15(9-7-14)29-4-2/h5-11,18H,3-4,12H2,1-2H3,(H,24,27). The van der Waals surface area contributed by atoms with Crippen LogP contribution in [0.2, 0.25) is 0 Å². The first-order valence-electron chi connectivity index (χ1n) is 9.45. The molecule has 1 atom stereocenters. The maximum absolute atomic E-state index is 12.8. The Kier molecular flexibility index (Phi) is 7.96. The van der Waals surface area contributed by atoms with E-state index in [2.05, 4.69) is 42.2 Å². The molecule has 6 nitrogen and oxygen atoms in total. The van der Waals surface area contributed by atoms with Gasteiger partial charge in [-0.3, -0.25) is 14.5 Å². The van der Waals surface area contributed by atoms with E-state index in [1.165, 1.54) is 11.8 Å². The molecule has 0 saturated carbocycles. The van der Waals surface area contributed by atoms with Crippen LogP contribution in [0.1, 0.15) is 20.3 Å². The number of nitrogens with one attached hydrogen (secondary N) is 1. The lowest BCUT2D eigenvalue weighted by Gasteiger charge is -2.13. The van der Waals surface area contributed by atoms with Crippen LogP contribution in [0.3, 0.4) is 0 Å². The summed E-state index contributed by atoms with van der Waals surface area (Å²) in [4.78, 5) is 31.5. The van der Waals surface area contributed by atoms with Gasteiger partial charge in [-0.25, -0.2) is 4.99 Å². The van der Waals surface area contributed by atoms with Crippen LogP contribution in [0, 0.1) is 0 Å². The first-order valence-corrected chi connectivity index (χ1v) is 11.9. The van der Waals surface area contributed by atoms with Crippen LogP contribution in [0.4, 0.5) is 11.4 Å². The molecule has 1 fully saturated rings. The number of hydrogen-bond donors (Lipinski definition) is 1. The Hall–Kier alpha value is -1.84. The molecule has 3 rings (SSSR count). The second-order valence-electron chi connectivity index (χ2n) is 6.39. The number of nitrogens with zero attached hydrogens (tertiary/aromatic N) is 2. The Morgan fingerprint density at radius 2 is 1.93 bits per heavy atom. The van der Waals surface area contributed by atoms with Crippen LogP contribution >= 0.6 is 43.6 Å². The van der Waals surface area contributed by atoms with Gasteiger partial charge in [0.25, 0.3) is 0 Å². The third-order valence-electron chi connectivity index (χ3n) is 4.28. The molecule has 1 N–H and O–H groups in total. The van der Waals surface area contributed by atoms with E-state index in [4.69, 9.17) is 4.74 Å². The van der Waals surface area contributed by atoms with E-state index in [1.807, 2.05) is 32.0 Å². The molecule has 1 heterocycles. The van der Waals surface area contributed by atoms with Crippen LogP contribution in [0.5, 0.6) is 5.75 Å². The average Bonchev–Trinajstić information content (AvgIpc) is 3.00. The molecule has 0 radical (unpaired) electrons. The average molecular weight is 555 g/mol. The Balaban J connectivity index is 1.68. The van der Waals surface area contributed by atoms with Gasteiger partial charge < -0.3 is 10.1 Å². The van der Waals surface area contributed by atoms with E-state index >= 15 is 0 Å². The molecule has 1 unspecified atom stereocenters. The van der Waals surface area contributed by atoms with Crippen molar-refractivity contribution in [1.82, 2.24) is 4.90 Å². The van der Waals surface area contributed by atoms with E-state index in [1.54, 1.807) is 29.2 Å². The minimum atomic E-state index is -0.499. The highest BCUT2D eigenvalue weighted by atomic mass is 79.9. The highest BCUT2D eigenvalue weighted by Crippen LogP contribution is 2.35. The van der Waals surface area contributed by atoms with Gasteiger partial charge in [0.1, 0.15) is 11.0 Å². The molecule has 0 aliphatic carbocycles. The van der Waals surface area contributed by atoms with Gasteiger partial charge in [0.2, 0.25) is 11.8 Å². The molecule has 30 heavy (non-hydrogen) atoms. The number of amidine groups is 1. The number of thioether (sulfide) groups is 1. The highest BCUT2D eigenvalue weighted by molar-refractivity contribution is 9.11. The van der Waals surface area contributed by atoms with Gasteiger partial charge in [0.15, 0.2) is 5.17 Å². The number of rotatable bonds is 7. The van der Waals surface area contributed by atoms with Crippen molar-refractivity contribution in [3.05, 3.63) is 51.4 Å². The van der Waals surface area contributed by atoms with Crippen molar-refractivity contribution < 1.29 is 14.3 Å². The molecule has 158 valence electrons. The fourth-order valence-electron chi connectivity index (χ4n) is 2.87. The Labute approximate surface area is 196 Å². The number of ether oxygens (including phenoxy) is 1. The largest absolute Gasteiger partial charge is 0.494 e. The SMILES string of the molecule is CCOc1ccc(NC(=O)CC2SC(=Nc3ccc(Br)cc3Br)N(CC)C2=O)cc1. The molecular weight excluding hydrogens is 534 g/mol. The Morgan fingerprint density at radius 3 is 2.57 bits per heavy atom. The van der Waals surface area contributed by atoms with E-state index in [-0.39, 0.29) is 18.2 Å². The topological polar surface area (TPSA) is 71.0 Å². The van der Waals surface area contributed by atoms with Crippen molar-refractivity contribution in [3.63, 3.8) is 0 Å². The summed E-state index contributed by atoms with van der Waals surface area (Å²) in [5, 5.41) is 2.94. The van der Waals surface area contributed by atoms with Crippen LogP contribution in [-0.4, -0.2) is 40.3 Å². The Bertz CT molecular complexity index is 966. The van der Waals surface area contributed by atoms with Crippen molar-refractivity contribution in [2.45, 2.75) is 25.5 Å². The summed E-state index contributed by atoms with van der Waals surface area (Å²) in [6, 6.07) is 12.8. The first-order chi connectivity index (χ1) is 14.4. The van der Waals surface area contributed by atoms with Crippen molar-refractivity contribution in [2.75, 3.05) is 18.5 Å². The fourth-order valence-corrected chi connectivity index (χ4v) is 5.22. The summed E-state index contributed by atoms with van der Waals surface area (Å²) in [6.07, 6.45) is 0.0771. The number of aliphatic imine (C=N–C) groups is 1. The molecule has 2 aromatic carbocycles. The molecule has 9 heteroatoms. The third-order valence-corrected chi connectivity index (χ3v) is 6.59. The van der Waals surface area contributed by atoms with Gasteiger partial charge in [-0.2, -0.15) is 0 Å². The molecular formula is C21H21Br2N3O3S. The lowest BCUT2D eigenvalue weighted by atomic mass is 10.2. The zero-order valence-corrected chi connectivity index (χ0v) is 20.5. The number of carbonyl (C=O) groups excluding carboxylic acids is 2. The summed E-state index contributed by atoms with van der Waals surface area (Å²) in [6.45, 7) is 4.89. The van der Waals surface area contributed by atoms with Gasteiger partial charge in [-0.15, -0.1) is 0 Å². The number of amides is 2. The quantitative estimate of drug-likeness (QED) is 0.484. The van der Waals surface area contributed by atoms with Crippen molar-refractivity contribution in [2.24, 2.45) is 4.99 Å². The third kappa shape index (κ3) is 5.65. The maximum atomic E-state index is 12.8. The van der Waals surface area contributed by atoms with E-state index < -0.39 is 5.25 Å². The monoisotopic (exact) mass is 553 g/mol. The van der Waals surface area contributed by atoms with E-state index in [0.29, 0.717) is 24.0 Å². The predicted octanol–water partition coefficient (Wildman–Crippen LogP) is 5.59. The van der Waals surface area contributed by atoms with E-state index in [9.17, 15) is 9.59 Å². The molecule has 1 saturated heterocycles. The number of anilines is 1. The summed E-state index contributed by atoms with van der Waals surface area (Å²) in [5.74, 6) is 0.430. The zero-order chi connectivity index (χ0) is 21.7. The van der Waals surface area contributed by atoms with Crippen LogP contribution in [0.25, 0.3) is 0 Å². The summed E-state index contributed by atoms with van der Waals surface area (Å²) >= 11 is 8.24. The van der Waals surface area contributed by atoms with Crippen molar-refractivity contribution in [1.29, 1.82) is 0 Å². The van der Waals surface area contributed by atoms with Crippen molar-refractivity contribution >= 4 is 72.0 Å².